The number of pyridine rings is 1. The van der Waals surface area contributed by atoms with Gasteiger partial charge < -0.3 is 4.90 Å². The molecule has 1 aliphatic heterocycles. The quantitative estimate of drug-likeness (QED) is 0.822. The lowest BCUT2D eigenvalue weighted by molar-refractivity contribution is -0.129. The number of hydrogen-bond donors (Lipinski definition) is 0. The van der Waals surface area contributed by atoms with E-state index in [9.17, 15) is 4.79 Å². The number of likely N-dealkylation sites (tertiary alicyclic amines) is 1. The van der Waals surface area contributed by atoms with Crippen molar-refractivity contribution >= 4 is 21.8 Å². The van der Waals surface area contributed by atoms with E-state index >= 15 is 0 Å². The van der Waals surface area contributed by atoms with Gasteiger partial charge in [0.2, 0.25) is 5.91 Å². The van der Waals surface area contributed by atoms with Crippen molar-refractivity contribution in [3.05, 3.63) is 28.5 Å². The van der Waals surface area contributed by atoms with Crippen molar-refractivity contribution in [1.82, 2.24) is 9.88 Å². The molecule has 15 heavy (non-hydrogen) atoms. The van der Waals surface area contributed by atoms with Gasteiger partial charge in [-0.1, -0.05) is 0 Å². The van der Waals surface area contributed by atoms with E-state index in [1.807, 2.05) is 17.0 Å². The molecule has 0 bridgehead atoms. The van der Waals surface area contributed by atoms with Gasteiger partial charge in [0, 0.05) is 29.5 Å². The Bertz CT molecular complexity index is 344. The van der Waals surface area contributed by atoms with E-state index in [1.165, 1.54) is 0 Å². The molecular weight excluding hydrogens is 256 g/mol. The molecule has 0 aliphatic carbocycles. The van der Waals surface area contributed by atoms with Gasteiger partial charge in [-0.05, 0) is 40.9 Å². The van der Waals surface area contributed by atoms with Crippen LogP contribution in [0.2, 0.25) is 0 Å². The third-order valence-corrected chi connectivity index (χ3v) is 3.05. The van der Waals surface area contributed by atoms with Crippen LogP contribution in [0.15, 0.2) is 22.8 Å². The van der Waals surface area contributed by atoms with Gasteiger partial charge in [0.25, 0.3) is 0 Å². The Morgan fingerprint density at radius 2 is 2.13 bits per heavy atom. The maximum absolute atomic E-state index is 11.8. The molecule has 0 N–H and O–H groups in total. The molecule has 80 valence electrons. The Hall–Kier alpha value is -0.900. The monoisotopic (exact) mass is 268 g/mol. The van der Waals surface area contributed by atoms with Crippen LogP contribution in [-0.2, 0) is 11.2 Å². The molecule has 1 aromatic heterocycles. The number of amides is 1. The highest BCUT2D eigenvalue weighted by Gasteiger charge is 2.18. The lowest BCUT2D eigenvalue weighted by Gasteiger charge is -2.14. The molecule has 1 fully saturated rings. The van der Waals surface area contributed by atoms with Crippen LogP contribution in [0, 0.1) is 0 Å². The molecule has 1 saturated heterocycles. The summed E-state index contributed by atoms with van der Waals surface area (Å²) in [5.74, 6) is 0.197. The first-order valence-electron chi connectivity index (χ1n) is 5.14. The third kappa shape index (κ3) is 2.78. The fourth-order valence-corrected chi connectivity index (χ4v) is 1.98. The maximum atomic E-state index is 11.8. The molecule has 1 aromatic rings. The Balaban J connectivity index is 1.96. The van der Waals surface area contributed by atoms with Gasteiger partial charge in [0.15, 0.2) is 0 Å². The van der Waals surface area contributed by atoms with Gasteiger partial charge in [-0.25, -0.2) is 0 Å². The summed E-state index contributed by atoms with van der Waals surface area (Å²) in [5, 5.41) is 0. The van der Waals surface area contributed by atoms with Crippen LogP contribution < -0.4 is 0 Å². The number of aromatic nitrogens is 1. The predicted octanol–water partition coefficient (Wildman–Crippen LogP) is 2.01. The van der Waals surface area contributed by atoms with Crippen LogP contribution in [-0.4, -0.2) is 28.9 Å². The molecule has 0 atom stereocenters. The Morgan fingerprint density at radius 1 is 1.40 bits per heavy atom. The van der Waals surface area contributed by atoms with Crippen molar-refractivity contribution in [1.29, 1.82) is 0 Å². The van der Waals surface area contributed by atoms with E-state index in [4.69, 9.17) is 0 Å². The Kier molecular flexibility index (Phi) is 3.36. The summed E-state index contributed by atoms with van der Waals surface area (Å²) in [7, 11) is 0. The van der Waals surface area contributed by atoms with E-state index in [0.717, 1.165) is 36.1 Å². The van der Waals surface area contributed by atoms with Crippen molar-refractivity contribution in [3.63, 3.8) is 0 Å². The number of carbonyl (C=O) groups excluding carboxylic acids is 1. The third-order valence-electron chi connectivity index (χ3n) is 2.58. The van der Waals surface area contributed by atoms with Gasteiger partial charge in [0.1, 0.15) is 0 Å². The minimum atomic E-state index is 0.197. The summed E-state index contributed by atoms with van der Waals surface area (Å²) in [5.41, 5.74) is 0.843. The second kappa shape index (κ2) is 4.75. The molecule has 0 saturated carbocycles. The highest BCUT2D eigenvalue weighted by molar-refractivity contribution is 9.10. The van der Waals surface area contributed by atoms with Crippen LogP contribution in [0.25, 0.3) is 0 Å². The second-order valence-corrected chi connectivity index (χ2v) is 4.65. The zero-order valence-electron chi connectivity index (χ0n) is 8.45. The predicted molar refractivity (Wildman–Crippen MR) is 61.5 cm³/mol. The van der Waals surface area contributed by atoms with E-state index in [2.05, 4.69) is 20.9 Å². The molecule has 2 rings (SSSR count). The molecule has 1 aliphatic rings. The lowest BCUT2D eigenvalue weighted by atomic mass is 10.2. The molecule has 0 unspecified atom stereocenters. The van der Waals surface area contributed by atoms with E-state index in [0.29, 0.717) is 6.42 Å². The zero-order chi connectivity index (χ0) is 10.7. The molecule has 1 amide bonds. The summed E-state index contributed by atoms with van der Waals surface area (Å²) in [6.45, 7) is 1.82. The highest BCUT2D eigenvalue weighted by atomic mass is 79.9. The fraction of sp³-hybridized carbons (Fsp3) is 0.455. The summed E-state index contributed by atoms with van der Waals surface area (Å²) in [4.78, 5) is 17.9. The summed E-state index contributed by atoms with van der Waals surface area (Å²) in [6, 6.07) is 3.80. The van der Waals surface area contributed by atoms with Crippen LogP contribution in [0.1, 0.15) is 18.5 Å². The van der Waals surface area contributed by atoms with Crippen molar-refractivity contribution in [3.8, 4) is 0 Å². The van der Waals surface area contributed by atoms with E-state index in [-0.39, 0.29) is 5.91 Å². The second-order valence-electron chi connectivity index (χ2n) is 3.73. The highest BCUT2D eigenvalue weighted by Crippen LogP contribution is 2.11. The standard InChI is InChI=1S/C11H13BrN2O/c12-9-3-4-10(13-8-9)7-11(15)14-5-1-2-6-14/h3-4,8H,1-2,5-7H2. The van der Waals surface area contributed by atoms with Crippen molar-refractivity contribution in [2.45, 2.75) is 19.3 Å². The maximum Gasteiger partial charge on any atom is 0.228 e. The van der Waals surface area contributed by atoms with Gasteiger partial charge >= 0.3 is 0 Å². The number of nitrogens with zero attached hydrogens (tertiary/aromatic N) is 2. The van der Waals surface area contributed by atoms with Crippen LogP contribution in [0.5, 0.6) is 0 Å². The van der Waals surface area contributed by atoms with Gasteiger partial charge in [0.05, 0.1) is 6.42 Å². The van der Waals surface area contributed by atoms with Gasteiger partial charge in [-0.3, -0.25) is 9.78 Å². The normalized spacial score (nSPS) is 15.7. The molecule has 3 nitrogen and oxygen atoms in total. The Labute approximate surface area is 97.6 Å². The molecule has 0 spiro atoms. The van der Waals surface area contributed by atoms with Crippen LogP contribution in [0.3, 0.4) is 0 Å². The van der Waals surface area contributed by atoms with Crippen molar-refractivity contribution < 1.29 is 4.79 Å². The zero-order valence-corrected chi connectivity index (χ0v) is 10.0. The topological polar surface area (TPSA) is 33.2 Å². The number of rotatable bonds is 2. The molecule has 4 heteroatoms. The minimum Gasteiger partial charge on any atom is -0.342 e. The van der Waals surface area contributed by atoms with Gasteiger partial charge in [-0.2, -0.15) is 0 Å². The minimum absolute atomic E-state index is 0.197. The van der Waals surface area contributed by atoms with Gasteiger partial charge in [-0.15, -0.1) is 0 Å². The average molecular weight is 269 g/mol. The average Bonchev–Trinajstić information content (AvgIpc) is 2.74. The Morgan fingerprint density at radius 3 is 2.73 bits per heavy atom. The summed E-state index contributed by atoms with van der Waals surface area (Å²) in [6.07, 6.45) is 4.43. The number of halogens is 1. The summed E-state index contributed by atoms with van der Waals surface area (Å²) < 4.78 is 0.944. The smallest absolute Gasteiger partial charge is 0.228 e. The van der Waals surface area contributed by atoms with E-state index < -0.39 is 0 Å². The van der Waals surface area contributed by atoms with Crippen LogP contribution >= 0.6 is 15.9 Å². The first-order chi connectivity index (χ1) is 7.25. The first-order valence-corrected chi connectivity index (χ1v) is 5.93. The fourth-order valence-electron chi connectivity index (χ4n) is 1.74. The van der Waals surface area contributed by atoms with E-state index in [1.54, 1.807) is 6.20 Å². The summed E-state index contributed by atoms with van der Waals surface area (Å²) >= 11 is 3.32. The molecular formula is C11H13BrN2O. The molecule has 0 aromatic carbocycles. The first kappa shape index (κ1) is 10.6. The van der Waals surface area contributed by atoms with Crippen LogP contribution in [0.4, 0.5) is 0 Å². The SMILES string of the molecule is O=C(Cc1ccc(Br)cn1)N1CCCC1. The largest absolute Gasteiger partial charge is 0.342 e. The van der Waals surface area contributed by atoms with Crippen molar-refractivity contribution in [2.75, 3.05) is 13.1 Å². The van der Waals surface area contributed by atoms with Crippen molar-refractivity contribution in [2.24, 2.45) is 0 Å². The number of carbonyl (C=O) groups is 1. The molecule has 2 heterocycles. The lowest BCUT2D eigenvalue weighted by Crippen LogP contribution is -2.29. The number of hydrogen-bond acceptors (Lipinski definition) is 2. The molecule has 0 radical (unpaired) electrons.